The van der Waals surface area contributed by atoms with E-state index in [0.29, 0.717) is 31.5 Å². The van der Waals surface area contributed by atoms with E-state index in [-0.39, 0.29) is 17.7 Å². The number of pyridine rings is 1. The Morgan fingerprint density at radius 3 is 2.36 bits per heavy atom. The Hall–Kier alpha value is -2.89. The fraction of sp³-hybridized carbons (Fsp3) is 0.409. The van der Waals surface area contributed by atoms with Crippen LogP contribution in [0.1, 0.15) is 36.0 Å². The van der Waals surface area contributed by atoms with Gasteiger partial charge in [0.1, 0.15) is 5.82 Å². The zero-order valence-corrected chi connectivity index (χ0v) is 16.0. The van der Waals surface area contributed by atoms with Gasteiger partial charge in [-0.1, -0.05) is 18.2 Å². The summed E-state index contributed by atoms with van der Waals surface area (Å²) in [5.74, 6) is 0.805. The molecule has 28 heavy (non-hydrogen) atoms. The lowest BCUT2D eigenvalue weighted by molar-refractivity contribution is -0.121. The Kier molecular flexibility index (Phi) is 5.55. The van der Waals surface area contributed by atoms with Crippen molar-refractivity contribution in [1.82, 2.24) is 9.88 Å². The van der Waals surface area contributed by atoms with E-state index in [0.717, 1.165) is 37.4 Å². The first-order chi connectivity index (χ1) is 13.7. The number of para-hydroxylation sites is 1. The Bertz CT molecular complexity index is 825. The van der Waals surface area contributed by atoms with Crippen LogP contribution in [0.15, 0.2) is 48.7 Å². The molecule has 2 saturated heterocycles. The van der Waals surface area contributed by atoms with Crippen LogP contribution in [-0.2, 0) is 4.79 Å². The van der Waals surface area contributed by atoms with Gasteiger partial charge in [-0.15, -0.1) is 0 Å². The molecule has 1 N–H and O–H groups in total. The Morgan fingerprint density at radius 2 is 1.64 bits per heavy atom. The topological polar surface area (TPSA) is 65.5 Å². The first-order valence-electron chi connectivity index (χ1n) is 10.1. The molecule has 1 aromatic heterocycles. The number of anilines is 2. The van der Waals surface area contributed by atoms with Crippen molar-refractivity contribution in [3.8, 4) is 0 Å². The number of benzene rings is 1. The average Bonchev–Trinajstić information content (AvgIpc) is 3.29. The molecule has 0 aliphatic carbocycles. The summed E-state index contributed by atoms with van der Waals surface area (Å²) >= 11 is 0. The second-order valence-corrected chi connectivity index (χ2v) is 7.49. The zero-order chi connectivity index (χ0) is 19.3. The molecule has 2 aliphatic rings. The minimum atomic E-state index is -0.0591. The number of hydrogen-bond acceptors (Lipinski definition) is 4. The summed E-state index contributed by atoms with van der Waals surface area (Å²) < 4.78 is 0. The standard InChI is InChI=1S/C22H26N4O2/c27-21(24-18-7-2-1-3-8-18)17-10-15-26(16-11-17)22(28)19-9-6-12-23-20(19)25-13-4-5-14-25/h1-3,6-9,12,17H,4-5,10-11,13-16H2,(H,24,27). The predicted octanol–water partition coefficient (Wildman–Crippen LogP) is 3.17. The van der Waals surface area contributed by atoms with Crippen molar-refractivity contribution < 1.29 is 9.59 Å². The van der Waals surface area contributed by atoms with Crippen LogP contribution in [0.5, 0.6) is 0 Å². The van der Waals surface area contributed by atoms with Gasteiger partial charge in [0.05, 0.1) is 5.56 Å². The van der Waals surface area contributed by atoms with Gasteiger partial charge < -0.3 is 15.1 Å². The highest BCUT2D eigenvalue weighted by Gasteiger charge is 2.30. The number of hydrogen-bond donors (Lipinski definition) is 1. The number of likely N-dealkylation sites (tertiary alicyclic amines) is 1. The van der Waals surface area contributed by atoms with Crippen LogP contribution >= 0.6 is 0 Å². The smallest absolute Gasteiger partial charge is 0.257 e. The van der Waals surface area contributed by atoms with E-state index in [1.54, 1.807) is 6.20 Å². The lowest BCUT2D eigenvalue weighted by atomic mass is 9.95. The van der Waals surface area contributed by atoms with Crippen molar-refractivity contribution >= 4 is 23.3 Å². The molecule has 2 amide bonds. The first-order valence-corrected chi connectivity index (χ1v) is 10.1. The van der Waals surface area contributed by atoms with Crippen molar-refractivity contribution in [3.05, 3.63) is 54.2 Å². The van der Waals surface area contributed by atoms with Gasteiger partial charge in [-0.05, 0) is 49.9 Å². The van der Waals surface area contributed by atoms with Crippen LogP contribution in [-0.4, -0.2) is 47.9 Å². The zero-order valence-electron chi connectivity index (χ0n) is 16.0. The minimum absolute atomic E-state index is 0.0249. The molecule has 0 radical (unpaired) electrons. The third kappa shape index (κ3) is 4.01. The molecule has 4 rings (SSSR count). The average molecular weight is 378 g/mol. The van der Waals surface area contributed by atoms with Crippen LogP contribution in [0.25, 0.3) is 0 Å². The van der Waals surface area contributed by atoms with Crippen molar-refractivity contribution in [2.45, 2.75) is 25.7 Å². The van der Waals surface area contributed by atoms with E-state index in [4.69, 9.17) is 0 Å². The third-order valence-electron chi connectivity index (χ3n) is 5.62. The Labute approximate surface area is 165 Å². The van der Waals surface area contributed by atoms with Crippen LogP contribution in [0.2, 0.25) is 0 Å². The Balaban J connectivity index is 1.37. The molecule has 0 unspecified atom stereocenters. The molecule has 2 fully saturated rings. The first kappa shape index (κ1) is 18.5. The van der Waals surface area contributed by atoms with Crippen molar-refractivity contribution in [2.75, 3.05) is 36.4 Å². The van der Waals surface area contributed by atoms with Crippen molar-refractivity contribution in [3.63, 3.8) is 0 Å². The molecule has 2 aromatic rings. The van der Waals surface area contributed by atoms with E-state index in [1.165, 1.54) is 0 Å². The summed E-state index contributed by atoms with van der Waals surface area (Å²) in [4.78, 5) is 34.2. The number of carbonyl (C=O) groups is 2. The van der Waals surface area contributed by atoms with Gasteiger partial charge >= 0.3 is 0 Å². The monoisotopic (exact) mass is 378 g/mol. The normalized spacial score (nSPS) is 17.6. The van der Waals surface area contributed by atoms with Crippen LogP contribution in [0.3, 0.4) is 0 Å². The molecule has 6 heteroatoms. The number of nitrogens with one attached hydrogen (secondary N) is 1. The number of nitrogens with zero attached hydrogens (tertiary/aromatic N) is 3. The van der Waals surface area contributed by atoms with E-state index < -0.39 is 0 Å². The highest BCUT2D eigenvalue weighted by Crippen LogP contribution is 2.26. The van der Waals surface area contributed by atoms with E-state index in [9.17, 15) is 9.59 Å². The summed E-state index contributed by atoms with van der Waals surface area (Å²) in [7, 11) is 0. The second-order valence-electron chi connectivity index (χ2n) is 7.49. The molecular formula is C22H26N4O2. The largest absolute Gasteiger partial charge is 0.356 e. The number of piperidine rings is 1. The second kappa shape index (κ2) is 8.42. The maximum Gasteiger partial charge on any atom is 0.257 e. The summed E-state index contributed by atoms with van der Waals surface area (Å²) in [6.07, 6.45) is 5.41. The van der Waals surface area contributed by atoms with Gasteiger partial charge in [0.15, 0.2) is 0 Å². The maximum absolute atomic E-state index is 13.1. The maximum atomic E-state index is 13.1. The van der Waals surface area contributed by atoms with E-state index in [2.05, 4.69) is 15.2 Å². The number of aromatic nitrogens is 1. The fourth-order valence-corrected chi connectivity index (χ4v) is 4.03. The van der Waals surface area contributed by atoms with Crippen molar-refractivity contribution in [2.24, 2.45) is 5.92 Å². The highest BCUT2D eigenvalue weighted by molar-refractivity contribution is 5.99. The number of carbonyl (C=O) groups excluding carboxylic acids is 2. The summed E-state index contributed by atoms with van der Waals surface area (Å²) in [5.41, 5.74) is 1.49. The molecule has 0 bridgehead atoms. The lowest BCUT2D eigenvalue weighted by Crippen LogP contribution is -2.42. The molecule has 0 atom stereocenters. The van der Waals surface area contributed by atoms with Gasteiger partial charge in [0.2, 0.25) is 5.91 Å². The Morgan fingerprint density at radius 1 is 0.929 bits per heavy atom. The van der Waals surface area contributed by atoms with E-state index in [1.807, 2.05) is 47.4 Å². The van der Waals surface area contributed by atoms with Crippen LogP contribution < -0.4 is 10.2 Å². The fourth-order valence-electron chi connectivity index (χ4n) is 4.03. The summed E-state index contributed by atoms with van der Waals surface area (Å²) in [6.45, 7) is 3.11. The third-order valence-corrected chi connectivity index (χ3v) is 5.62. The lowest BCUT2D eigenvalue weighted by Gasteiger charge is -2.32. The van der Waals surface area contributed by atoms with Gasteiger partial charge in [0.25, 0.3) is 5.91 Å². The molecule has 3 heterocycles. The summed E-state index contributed by atoms with van der Waals surface area (Å²) in [6, 6.07) is 13.2. The molecule has 0 spiro atoms. The van der Waals surface area contributed by atoms with Crippen LogP contribution in [0, 0.1) is 5.92 Å². The molecule has 2 aliphatic heterocycles. The van der Waals surface area contributed by atoms with Gasteiger partial charge in [-0.25, -0.2) is 4.98 Å². The predicted molar refractivity (Wildman–Crippen MR) is 109 cm³/mol. The SMILES string of the molecule is O=C(Nc1ccccc1)C1CCN(C(=O)c2cccnc2N2CCCC2)CC1. The highest BCUT2D eigenvalue weighted by atomic mass is 16.2. The van der Waals surface area contributed by atoms with Gasteiger partial charge in [-0.2, -0.15) is 0 Å². The molecular weight excluding hydrogens is 352 g/mol. The quantitative estimate of drug-likeness (QED) is 0.887. The molecule has 1 aromatic carbocycles. The van der Waals surface area contributed by atoms with E-state index >= 15 is 0 Å². The molecule has 146 valence electrons. The van der Waals surface area contributed by atoms with Gasteiger partial charge in [0, 0.05) is 44.0 Å². The van der Waals surface area contributed by atoms with Crippen molar-refractivity contribution in [1.29, 1.82) is 0 Å². The minimum Gasteiger partial charge on any atom is -0.356 e. The number of amides is 2. The van der Waals surface area contributed by atoms with Crippen LogP contribution in [0.4, 0.5) is 11.5 Å². The molecule has 6 nitrogen and oxygen atoms in total. The summed E-state index contributed by atoms with van der Waals surface area (Å²) in [5, 5.41) is 2.97. The van der Waals surface area contributed by atoms with Gasteiger partial charge in [-0.3, -0.25) is 9.59 Å². The molecule has 0 saturated carbocycles. The number of rotatable bonds is 4.